The molecular formula is C14H11N5. The van der Waals surface area contributed by atoms with E-state index in [-0.39, 0.29) is 0 Å². The van der Waals surface area contributed by atoms with Gasteiger partial charge in [-0.05, 0) is 13.0 Å². The minimum absolute atomic E-state index is 0.432. The van der Waals surface area contributed by atoms with Gasteiger partial charge in [0, 0.05) is 17.1 Å². The SMILES string of the molecule is Cc1nc(-c2c[nH]c3c(C#N)cccc23)cnc1N. The monoisotopic (exact) mass is 249 g/mol. The predicted octanol–water partition coefficient (Wildman–Crippen LogP) is 2.39. The Balaban J connectivity index is 2.26. The fraction of sp³-hybridized carbons (Fsp3) is 0.0714. The maximum absolute atomic E-state index is 9.08. The van der Waals surface area contributed by atoms with Gasteiger partial charge in [-0.2, -0.15) is 5.26 Å². The molecule has 0 aliphatic rings. The lowest BCUT2D eigenvalue weighted by atomic mass is 10.1. The van der Waals surface area contributed by atoms with Crippen LogP contribution in [0.15, 0.2) is 30.6 Å². The van der Waals surface area contributed by atoms with Gasteiger partial charge < -0.3 is 10.7 Å². The van der Waals surface area contributed by atoms with Crippen LogP contribution in [-0.4, -0.2) is 15.0 Å². The number of hydrogen-bond acceptors (Lipinski definition) is 4. The zero-order valence-corrected chi connectivity index (χ0v) is 10.3. The first-order valence-electron chi connectivity index (χ1n) is 5.80. The smallest absolute Gasteiger partial charge is 0.144 e. The number of nitrogens with one attached hydrogen (secondary N) is 1. The molecule has 0 amide bonds. The second kappa shape index (κ2) is 4.10. The van der Waals surface area contributed by atoms with Crippen molar-refractivity contribution < 1.29 is 0 Å². The summed E-state index contributed by atoms with van der Waals surface area (Å²) >= 11 is 0. The van der Waals surface area contributed by atoms with E-state index in [9.17, 15) is 0 Å². The molecule has 0 atom stereocenters. The Morgan fingerprint density at radius 1 is 1.37 bits per heavy atom. The van der Waals surface area contributed by atoms with Gasteiger partial charge in [0.25, 0.3) is 0 Å². The standard InChI is InChI=1S/C14H11N5/c1-8-14(16)18-7-12(19-8)11-6-17-13-9(5-15)3-2-4-10(11)13/h2-4,6-7,17H,1H3,(H2,16,18). The Morgan fingerprint density at radius 2 is 2.21 bits per heavy atom. The van der Waals surface area contributed by atoms with Gasteiger partial charge >= 0.3 is 0 Å². The number of aromatic amines is 1. The highest BCUT2D eigenvalue weighted by molar-refractivity contribution is 5.97. The third kappa shape index (κ3) is 1.70. The van der Waals surface area contributed by atoms with E-state index >= 15 is 0 Å². The highest BCUT2D eigenvalue weighted by Gasteiger charge is 2.11. The minimum Gasteiger partial charge on any atom is -0.382 e. The Kier molecular flexibility index (Phi) is 2.43. The molecule has 2 heterocycles. The highest BCUT2D eigenvalue weighted by Crippen LogP contribution is 2.29. The Hall–Kier alpha value is -2.87. The lowest BCUT2D eigenvalue weighted by Crippen LogP contribution is -1.97. The van der Waals surface area contributed by atoms with E-state index in [2.05, 4.69) is 21.0 Å². The molecule has 5 nitrogen and oxygen atoms in total. The number of nitriles is 1. The van der Waals surface area contributed by atoms with Gasteiger partial charge in [0.2, 0.25) is 0 Å². The van der Waals surface area contributed by atoms with Crippen LogP contribution in [0.2, 0.25) is 0 Å². The third-order valence-corrected chi connectivity index (χ3v) is 3.10. The van der Waals surface area contributed by atoms with E-state index in [4.69, 9.17) is 11.0 Å². The molecular weight excluding hydrogens is 238 g/mol. The van der Waals surface area contributed by atoms with Gasteiger partial charge in [0.1, 0.15) is 11.9 Å². The topological polar surface area (TPSA) is 91.4 Å². The molecule has 0 bridgehead atoms. The molecule has 0 saturated carbocycles. The van der Waals surface area contributed by atoms with E-state index in [1.807, 2.05) is 25.3 Å². The van der Waals surface area contributed by atoms with Gasteiger partial charge in [-0.15, -0.1) is 0 Å². The van der Waals surface area contributed by atoms with Crippen molar-refractivity contribution in [2.75, 3.05) is 5.73 Å². The van der Waals surface area contributed by atoms with Crippen molar-refractivity contribution >= 4 is 16.7 Å². The lowest BCUT2D eigenvalue weighted by molar-refractivity contribution is 1.14. The van der Waals surface area contributed by atoms with Crippen LogP contribution in [0.25, 0.3) is 22.2 Å². The first-order valence-corrected chi connectivity index (χ1v) is 5.80. The summed E-state index contributed by atoms with van der Waals surface area (Å²) in [5.74, 6) is 0.432. The van der Waals surface area contributed by atoms with Crippen LogP contribution in [0.4, 0.5) is 5.82 Å². The predicted molar refractivity (Wildman–Crippen MR) is 73.2 cm³/mol. The second-order valence-corrected chi connectivity index (χ2v) is 4.27. The van der Waals surface area contributed by atoms with Crippen LogP contribution >= 0.6 is 0 Å². The molecule has 3 aromatic rings. The lowest BCUT2D eigenvalue weighted by Gasteiger charge is -2.02. The Bertz CT molecular complexity index is 810. The molecule has 0 unspecified atom stereocenters. The number of nitrogens with two attached hydrogens (primary N) is 1. The van der Waals surface area contributed by atoms with Gasteiger partial charge in [0.05, 0.1) is 28.7 Å². The third-order valence-electron chi connectivity index (χ3n) is 3.10. The van der Waals surface area contributed by atoms with E-state index in [1.165, 1.54) is 0 Å². The van der Waals surface area contributed by atoms with Crippen molar-refractivity contribution in [1.82, 2.24) is 15.0 Å². The highest BCUT2D eigenvalue weighted by atomic mass is 14.9. The largest absolute Gasteiger partial charge is 0.382 e. The average molecular weight is 249 g/mol. The number of aryl methyl sites for hydroxylation is 1. The van der Waals surface area contributed by atoms with Crippen molar-refractivity contribution in [3.05, 3.63) is 41.9 Å². The average Bonchev–Trinajstić information content (AvgIpc) is 2.85. The summed E-state index contributed by atoms with van der Waals surface area (Å²) < 4.78 is 0. The molecule has 2 aromatic heterocycles. The molecule has 1 aromatic carbocycles. The maximum Gasteiger partial charge on any atom is 0.144 e. The van der Waals surface area contributed by atoms with Crippen LogP contribution in [0.3, 0.4) is 0 Å². The number of nitrogens with zero attached hydrogens (tertiary/aromatic N) is 3. The number of aromatic nitrogens is 3. The van der Waals surface area contributed by atoms with Crippen molar-refractivity contribution in [3.8, 4) is 17.3 Å². The number of benzene rings is 1. The zero-order chi connectivity index (χ0) is 13.4. The van der Waals surface area contributed by atoms with Crippen LogP contribution in [-0.2, 0) is 0 Å². The normalized spacial score (nSPS) is 10.5. The first-order chi connectivity index (χ1) is 9.20. The number of H-pyrrole nitrogens is 1. The zero-order valence-electron chi connectivity index (χ0n) is 10.3. The molecule has 3 N–H and O–H groups in total. The molecule has 0 saturated heterocycles. The molecule has 0 spiro atoms. The van der Waals surface area contributed by atoms with E-state index in [0.717, 1.165) is 22.2 Å². The number of nitrogen functional groups attached to an aromatic ring is 1. The van der Waals surface area contributed by atoms with Crippen molar-refractivity contribution in [3.63, 3.8) is 0 Å². The molecule has 19 heavy (non-hydrogen) atoms. The fourth-order valence-corrected chi connectivity index (χ4v) is 2.08. The van der Waals surface area contributed by atoms with Crippen molar-refractivity contribution in [2.24, 2.45) is 0 Å². The summed E-state index contributed by atoms with van der Waals surface area (Å²) in [6, 6.07) is 7.76. The number of rotatable bonds is 1. The summed E-state index contributed by atoms with van der Waals surface area (Å²) in [7, 11) is 0. The summed E-state index contributed by atoms with van der Waals surface area (Å²) in [5, 5.41) is 10.0. The van der Waals surface area contributed by atoms with Gasteiger partial charge in [-0.3, -0.25) is 0 Å². The second-order valence-electron chi connectivity index (χ2n) is 4.27. The summed E-state index contributed by atoms with van der Waals surface area (Å²) in [6.45, 7) is 1.82. The van der Waals surface area contributed by atoms with E-state index < -0.39 is 0 Å². The number of para-hydroxylation sites is 1. The van der Waals surface area contributed by atoms with Gasteiger partial charge in [0.15, 0.2) is 0 Å². The first kappa shape index (κ1) is 11.2. The molecule has 5 heteroatoms. The molecule has 3 rings (SSSR count). The molecule has 92 valence electrons. The Morgan fingerprint density at radius 3 is 2.95 bits per heavy atom. The van der Waals surface area contributed by atoms with Crippen LogP contribution in [0, 0.1) is 18.3 Å². The van der Waals surface area contributed by atoms with E-state index in [1.54, 1.807) is 12.3 Å². The summed E-state index contributed by atoms with van der Waals surface area (Å²) in [5.41, 5.74) is 9.47. The molecule has 0 radical (unpaired) electrons. The quantitative estimate of drug-likeness (QED) is 0.692. The van der Waals surface area contributed by atoms with E-state index in [0.29, 0.717) is 17.1 Å². The van der Waals surface area contributed by atoms with Gasteiger partial charge in [-0.1, -0.05) is 12.1 Å². The molecule has 0 aliphatic heterocycles. The van der Waals surface area contributed by atoms with Crippen molar-refractivity contribution in [1.29, 1.82) is 5.26 Å². The van der Waals surface area contributed by atoms with Crippen molar-refractivity contribution in [2.45, 2.75) is 6.92 Å². The number of fused-ring (bicyclic) bond motifs is 1. The van der Waals surface area contributed by atoms with Crippen LogP contribution in [0.1, 0.15) is 11.3 Å². The van der Waals surface area contributed by atoms with Gasteiger partial charge in [-0.25, -0.2) is 9.97 Å². The molecule has 0 aliphatic carbocycles. The number of anilines is 1. The minimum atomic E-state index is 0.432. The molecule has 0 fully saturated rings. The van der Waals surface area contributed by atoms with Crippen LogP contribution < -0.4 is 5.73 Å². The summed E-state index contributed by atoms with van der Waals surface area (Å²) in [4.78, 5) is 11.7. The number of hydrogen-bond donors (Lipinski definition) is 2. The fourth-order valence-electron chi connectivity index (χ4n) is 2.08. The van der Waals surface area contributed by atoms with Crippen LogP contribution in [0.5, 0.6) is 0 Å². The maximum atomic E-state index is 9.08. The Labute approximate surface area is 109 Å². The summed E-state index contributed by atoms with van der Waals surface area (Å²) in [6.07, 6.45) is 3.48.